The van der Waals surface area contributed by atoms with Crippen molar-refractivity contribution in [2.75, 3.05) is 4.90 Å². The molecule has 0 saturated carbocycles. The lowest BCUT2D eigenvalue weighted by Gasteiger charge is -2.29. The van der Waals surface area contributed by atoms with Gasteiger partial charge in [0.1, 0.15) is 0 Å². The first kappa shape index (κ1) is 22.5. The van der Waals surface area contributed by atoms with E-state index >= 15 is 0 Å². The number of hydrogen-bond acceptors (Lipinski definition) is 1. The van der Waals surface area contributed by atoms with E-state index in [4.69, 9.17) is 0 Å². The molecule has 0 N–H and O–H groups in total. The first-order valence-electron chi connectivity index (χ1n) is 12.0. The van der Waals surface area contributed by atoms with Crippen molar-refractivity contribution in [1.82, 2.24) is 4.57 Å². The van der Waals surface area contributed by atoms with Crippen LogP contribution in [-0.4, -0.2) is 4.57 Å². The Morgan fingerprint density at radius 1 is 0.914 bits per heavy atom. The Hall–Kier alpha value is -4.30. The highest BCUT2D eigenvalue weighted by Gasteiger charge is 2.19. The van der Waals surface area contributed by atoms with Crippen LogP contribution in [0.4, 0.5) is 5.69 Å². The van der Waals surface area contributed by atoms with Gasteiger partial charge in [-0.25, -0.2) is 0 Å². The Kier molecular flexibility index (Phi) is 6.12. The van der Waals surface area contributed by atoms with E-state index in [1.165, 1.54) is 27.4 Å². The highest BCUT2D eigenvalue weighted by atomic mass is 15.1. The molecule has 1 heterocycles. The molecule has 2 nitrogen and oxygen atoms in total. The largest absolute Gasteiger partial charge is 0.311 e. The van der Waals surface area contributed by atoms with E-state index in [-0.39, 0.29) is 0 Å². The van der Waals surface area contributed by atoms with Crippen molar-refractivity contribution in [2.45, 2.75) is 13.3 Å². The first-order chi connectivity index (χ1) is 17.2. The minimum Gasteiger partial charge on any atom is -0.311 e. The maximum absolute atomic E-state index is 4.31. The molecule has 3 aromatic carbocycles. The summed E-state index contributed by atoms with van der Waals surface area (Å²) in [6.07, 6.45) is 13.6. The van der Waals surface area contributed by atoms with Gasteiger partial charge >= 0.3 is 0 Å². The molecule has 1 aromatic heterocycles. The average molecular weight is 455 g/mol. The summed E-state index contributed by atoms with van der Waals surface area (Å²) in [7, 11) is 0. The summed E-state index contributed by atoms with van der Waals surface area (Å²) in [5.41, 5.74) is 7.82. The molecule has 5 rings (SSSR count). The Bertz CT molecular complexity index is 1530. The number of hydrogen-bond donors (Lipinski definition) is 0. The van der Waals surface area contributed by atoms with Gasteiger partial charge in [0, 0.05) is 39.5 Å². The van der Waals surface area contributed by atoms with E-state index < -0.39 is 0 Å². The number of aromatic nitrogens is 1. The molecule has 1 aliphatic carbocycles. The molecule has 0 radical (unpaired) electrons. The maximum Gasteiger partial charge on any atom is 0.0542 e. The van der Waals surface area contributed by atoms with Gasteiger partial charge in [-0.15, -0.1) is 0 Å². The topological polar surface area (TPSA) is 8.17 Å². The van der Waals surface area contributed by atoms with E-state index in [1.54, 1.807) is 0 Å². The monoisotopic (exact) mass is 454 g/mol. The second kappa shape index (κ2) is 9.52. The summed E-state index contributed by atoms with van der Waals surface area (Å²) in [4.78, 5) is 2.19. The molecule has 172 valence electrons. The van der Waals surface area contributed by atoms with Crippen molar-refractivity contribution in [1.29, 1.82) is 0 Å². The van der Waals surface area contributed by atoms with Gasteiger partial charge in [0.15, 0.2) is 0 Å². The second-order valence-electron chi connectivity index (χ2n) is 8.74. The maximum atomic E-state index is 4.31. The molecule has 0 fully saturated rings. The number of rotatable bonds is 7. The van der Waals surface area contributed by atoms with Crippen LogP contribution in [0.3, 0.4) is 0 Å². The van der Waals surface area contributed by atoms with Gasteiger partial charge in [-0.2, -0.15) is 0 Å². The summed E-state index contributed by atoms with van der Waals surface area (Å²) >= 11 is 0. The third kappa shape index (κ3) is 3.98. The number of benzene rings is 3. The predicted octanol–water partition coefficient (Wildman–Crippen LogP) is 8.88. The van der Waals surface area contributed by atoms with E-state index in [9.17, 15) is 0 Å². The Labute approximate surface area is 207 Å². The Balaban J connectivity index is 1.64. The highest BCUT2D eigenvalue weighted by Crippen LogP contribution is 2.37. The number of anilines is 1. The van der Waals surface area contributed by atoms with Gasteiger partial charge in [0.25, 0.3) is 0 Å². The third-order valence-electron chi connectivity index (χ3n) is 6.79. The van der Waals surface area contributed by atoms with Crippen LogP contribution < -0.4 is 4.90 Å². The van der Waals surface area contributed by atoms with Crippen LogP contribution in [-0.2, 0) is 0 Å². The molecule has 0 aliphatic heterocycles. The van der Waals surface area contributed by atoms with Crippen molar-refractivity contribution >= 4 is 27.5 Å². The third-order valence-corrected chi connectivity index (χ3v) is 6.79. The first-order valence-corrected chi connectivity index (χ1v) is 12.0. The van der Waals surface area contributed by atoms with Gasteiger partial charge in [-0.05, 0) is 67.5 Å². The average Bonchev–Trinajstić information content (AvgIpc) is 3.24. The fourth-order valence-electron chi connectivity index (χ4n) is 5.03. The normalized spacial score (nSPS) is 15.7. The zero-order valence-corrected chi connectivity index (χ0v) is 20.2. The Morgan fingerprint density at radius 2 is 1.66 bits per heavy atom. The van der Waals surface area contributed by atoms with Crippen LogP contribution in [0.5, 0.6) is 0 Å². The molecular weight excluding hydrogens is 424 g/mol. The number of fused-ring (bicyclic) bond motifs is 3. The van der Waals surface area contributed by atoms with Crippen molar-refractivity contribution in [3.8, 4) is 5.69 Å². The molecular formula is C33H30N2. The van der Waals surface area contributed by atoms with Crippen LogP contribution in [0.2, 0.25) is 0 Å². The molecule has 0 amide bonds. The molecule has 0 saturated heterocycles. The molecule has 1 aliphatic rings. The number of allylic oxidation sites excluding steroid dienone is 7. The van der Waals surface area contributed by atoms with Crippen molar-refractivity contribution in [2.24, 2.45) is 5.92 Å². The zero-order chi connectivity index (χ0) is 24.4. The highest BCUT2D eigenvalue weighted by molar-refractivity contribution is 6.10. The summed E-state index contributed by atoms with van der Waals surface area (Å²) in [6.45, 7) is 14.3. The lowest BCUT2D eigenvalue weighted by atomic mass is 9.91. The minimum absolute atomic E-state index is 0.353. The fourth-order valence-corrected chi connectivity index (χ4v) is 5.03. The van der Waals surface area contributed by atoms with Crippen molar-refractivity contribution < 1.29 is 0 Å². The molecule has 35 heavy (non-hydrogen) atoms. The SMILES string of the molecule is C=CC(=C)N(C1=CCC(C(C=C)=CC)C=C1)c1ccc2c(c1)c1ccccc1n2-c1ccccc1. The molecule has 0 spiro atoms. The van der Waals surface area contributed by atoms with Crippen molar-refractivity contribution in [3.05, 3.63) is 146 Å². The second-order valence-corrected chi connectivity index (χ2v) is 8.74. The van der Waals surface area contributed by atoms with Gasteiger partial charge in [0.2, 0.25) is 0 Å². The summed E-state index contributed by atoms with van der Waals surface area (Å²) in [6, 6.07) is 25.8. The molecule has 4 aromatic rings. The number of para-hydroxylation sites is 2. The summed E-state index contributed by atoms with van der Waals surface area (Å²) in [5.74, 6) is 0.353. The van der Waals surface area contributed by atoms with Crippen LogP contribution in [0.1, 0.15) is 13.3 Å². The summed E-state index contributed by atoms with van der Waals surface area (Å²) < 4.78 is 2.33. The molecule has 1 unspecified atom stereocenters. The lowest BCUT2D eigenvalue weighted by Crippen LogP contribution is -2.21. The molecule has 2 heteroatoms. The van der Waals surface area contributed by atoms with Crippen LogP contribution in [0, 0.1) is 5.92 Å². The Morgan fingerprint density at radius 3 is 2.34 bits per heavy atom. The van der Waals surface area contributed by atoms with E-state index in [0.717, 1.165) is 29.2 Å². The van der Waals surface area contributed by atoms with Crippen LogP contribution in [0.25, 0.3) is 27.5 Å². The van der Waals surface area contributed by atoms with E-state index in [0.29, 0.717) is 5.92 Å². The zero-order valence-electron chi connectivity index (χ0n) is 20.2. The standard InChI is InChI=1S/C33H30N2/c1-5-24(4)34(28-19-17-26(18-20-28)25(6-2)7-3)29-21-22-33-31(23-29)30-15-11-12-16-32(30)35(33)27-13-9-8-10-14-27/h5-17,19-23,26H,1-2,4,18H2,3H3. The van der Waals surface area contributed by atoms with Crippen LogP contribution in [0.15, 0.2) is 146 Å². The minimum atomic E-state index is 0.353. The van der Waals surface area contributed by atoms with Gasteiger partial charge in [0.05, 0.1) is 11.0 Å². The van der Waals surface area contributed by atoms with E-state index in [1.807, 2.05) is 12.2 Å². The smallest absolute Gasteiger partial charge is 0.0542 e. The molecule has 0 bridgehead atoms. The molecule has 1 atom stereocenters. The fraction of sp³-hybridized carbons (Fsp3) is 0.0909. The predicted molar refractivity (Wildman–Crippen MR) is 152 cm³/mol. The van der Waals surface area contributed by atoms with E-state index in [2.05, 4.69) is 133 Å². The lowest BCUT2D eigenvalue weighted by molar-refractivity contribution is 0.774. The van der Waals surface area contributed by atoms with Gasteiger partial charge in [-0.1, -0.05) is 80.4 Å². The van der Waals surface area contributed by atoms with Crippen LogP contribution >= 0.6 is 0 Å². The van der Waals surface area contributed by atoms with Gasteiger partial charge < -0.3 is 9.47 Å². The summed E-state index contributed by atoms with van der Waals surface area (Å²) in [5, 5.41) is 2.44. The van der Waals surface area contributed by atoms with Crippen molar-refractivity contribution in [3.63, 3.8) is 0 Å². The quantitative estimate of drug-likeness (QED) is 0.253. The van der Waals surface area contributed by atoms with Gasteiger partial charge in [-0.3, -0.25) is 0 Å². The number of nitrogens with zero attached hydrogens (tertiary/aromatic N) is 2.